The van der Waals surface area contributed by atoms with Crippen LogP contribution in [0, 0.1) is 0 Å². The molecule has 0 aliphatic carbocycles. The van der Waals surface area contributed by atoms with Crippen molar-refractivity contribution < 1.29 is 17.7 Å². The number of hydrogen-bond acceptors (Lipinski definition) is 6. The Hall–Kier alpha value is -2.85. The number of benzene rings is 2. The van der Waals surface area contributed by atoms with Gasteiger partial charge >= 0.3 is 6.18 Å². The first-order chi connectivity index (χ1) is 14.9. The molecule has 31 heavy (non-hydrogen) atoms. The Balaban J connectivity index is 1.78. The molecule has 0 N–H and O–H groups in total. The summed E-state index contributed by atoms with van der Waals surface area (Å²) < 4.78 is 46.7. The van der Waals surface area contributed by atoms with E-state index in [0.29, 0.717) is 39.7 Å². The number of aromatic nitrogens is 5. The molecular weight excluding hydrogens is 451 g/mol. The van der Waals surface area contributed by atoms with Crippen LogP contribution in [0.2, 0.25) is 5.02 Å². The predicted molar refractivity (Wildman–Crippen MR) is 110 cm³/mol. The third kappa shape index (κ3) is 4.59. The van der Waals surface area contributed by atoms with Gasteiger partial charge in [-0.05, 0) is 30.3 Å². The highest BCUT2D eigenvalue weighted by Crippen LogP contribution is 2.35. The lowest BCUT2D eigenvalue weighted by Gasteiger charge is -2.13. The number of thioether (sulfide) groups is 1. The molecule has 11 heteroatoms. The lowest BCUT2D eigenvalue weighted by Crippen LogP contribution is -2.07. The van der Waals surface area contributed by atoms with Crippen molar-refractivity contribution in [1.82, 2.24) is 24.9 Å². The van der Waals surface area contributed by atoms with Crippen LogP contribution in [0.25, 0.3) is 17.1 Å². The summed E-state index contributed by atoms with van der Waals surface area (Å²) in [6, 6.07) is 11.9. The molecule has 0 saturated carbocycles. The number of rotatable bonds is 6. The maximum atomic E-state index is 13.3. The molecule has 160 valence electrons. The lowest BCUT2D eigenvalue weighted by atomic mass is 10.1. The Morgan fingerprint density at radius 1 is 1.10 bits per heavy atom. The third-order valence-corrected chi connectivity index (χ3v) is 5.57. The van der Waals surface area contributed by atoms with Crippen molar-refractivity contribution in [3.63, 3.8) is 0 Å². The zero-order chi connectivity index (χ0) is 22.0. The number of halogens is 4. The van der Waals surface area contributed by atoms with Gasteiger partial charge in [-0.2, -0.15) is 18.2 Å². The fourth-order valence-electron chi connectivity index (χ4n) is 2.85. The van der Waals surface area contributed by atoms with Gasteiger partial charge in [0.05, 0.1) is 22.0 Å². The smallest absolute Gasteiger partial charge is 0.338 e. The summed E-state index contributed by atoms with van der Waals surface area (Å²) in [7, 11) is 0. The number of hydrogen-bond donors (Lipinski definition) is 0. The SMILES string of the molecule is CCc1noc(CSc2nnc(-c3ccccc3Cl)n2-c2cccc(C(F)(F)F)c2)n1. The van der Waals surface area contributed by atoms with Crippen molar-refractivity contribution in [3.05, 3.63) is 70.8 Å². The number of aryl methyl sites for hydroxylation is 1. The normalized spacial score (nSPS) is 11.8. The molecule has 2 aromatic heterocycles. The van der Waals surface area contributed by atoms with E-state index in [-0.39, 0.29) is 11.4 Å². The summed E-state index contributed by atoms with van der Waals surface area (Å²) in [5, 5.41) is 13.0. The van der Waals surface area contributed by atoms with E-state index in [1.807, 2.05) is 6.92 Å². The van der Waals surface area contributed by atoms with E-state index < -0.39 is 11.7 Å². The monoisotopic (exact) mass is 465 g/mol. The molecule has 0 unspecified atom stereocenters. The van der Waals surface area contributed by atoms with Gasteiger partial charge in [-0.1, -0.05) is 53.6 Å². The Morgan fingerprint density at radius 2 is 1.90 bits per heavy atom. The quantitative estimate of drug-likeness (QED) is 0.333. The van der Waals surface area contributed by atoms with Gasteiger partial charge in [-0.25, -0.2) is 0 Å². The van der Waals surface area contributed by atoms with E-state index in [9.17, 15) is 13.2 Å². The van der Waals surface area contributed by atoms with Gasteiger partial charge in [0.15, 0.2) is 16.8 Å². The van der Waals surface area contributed by atoms with Crippen molar-refractivity contribution in [3.8, 4) is 17.1 Å². The van der Waals surface area contributed by atoms with Crippen molar-refractivity contribution in [2.24, 2.45) is 0 Å². The van der Waals surface area contributed by atoms with Crippen molar-refractivity contribution in [2.75, 3.05) is 0 Å². The highest BCUT2D eigenvalue weighted by atomic mass is 35.5. The average molecular weight is 466 g/mol. The second kappa shape index (κ2) is 8.72. The first-order valence-electron chi connectivity index (χ1n) is 9.19. The van der Waals surface area contributed by atoms with Crippen molar-refractivity contribution in [2.45, 2.75) is 30.4 Å². The molecule has 0 saturated heterocycles. The molecule has 0 spiro atoms. The molecular formula is C20H15ClF3N5OS. The molecule has 6 nitrogen and oxygen atoms in total. The van der Waals surface area contributed by atoms with Crippen molar-refractivity contribution >= 4 is 23.4 Å². The average Bonchev–Trinajstić information content (AvgIpc) is 3.39. The molecule has 0 radical (unpaired) electrons. The minimum atomic E-state index is -4.48. The van der Waals surface area contributed by atoms with Gasteiger partial charge in [0.2, 0.25) is 5.89 Å². The van der Waals surface area contributed by atoms with Crippen LogP contribution >= 0.6 is 23.4 Å². The maximum Gasteiger partial charge on any atom is 0.416 e. The van der Waals surface area contributed by atoms with E-state index >= 15 is 0 Å². The van der Waals surface area contributed by atoms with Crippen LogP contribution < -0.4 is 0 Å². The topological polar surface area (TPSA) is 69.6 Å². The summed E-state index contributed by atoms with van der Waals surface area (Å²) in [5.74, 6) is 1.57. The van der Waals surface area contributed by atoms with Gasteiger partial charge in [0, 0.05) is 12.0 Å². The Bertz CT molecular complexity index is 1210. The molecule has 0 fully saturated rings. The fourth-order valence-corrected chi connectivity index (χ4v) is 3.86. The van der Waals surface area contributed by atoms with Crippen LogP contribution in [0.5, 0.6) is 0 Å². The molecule has 2 aromatic carbocycles. The van der Waals surface area contributed by atoms with Crippen LogP contribution in [0.4, 0.5) is 13.2 Å². The summed E-state index contributed by atoms with van der Waals surface area (Å²) in [6.07, 6.45) is -3.85. The molecule has 4 aromatic rings. The maximum absolute atomic E-state index is 13.3. The lowest BCUT2D eigenvalue weighted by molar-refractivity contribution is -0.137. The first kappa shape index (κ1) is 21.4. The zero-order valence-electron chi connectivity index (χ0n) is 16.1. The van der Waals surface area contributed by atoms with Gasteiger partial charge in [-0.3, -0.25) is 4.57 Å². The van der Waals surface area contributed by atoms with E-state index in [4.69, 9.17) is 16.1 Å². The summed E-state index contributed by atoms with van der Waals surface area (Å²) in [4.78, 5) is 4.25. The van der Waals surface area contributed by atoms with Crippen LogP contribution in [-0.4, -0.2) is 24.9 Å². The van der Waals surface area contributed by atoms with E-state index in [1.54, 1.807) is 30.3 Å². The molecule has 0 bridgehead atoms. The third-order valence-electron chi connectivity index (χ3n) is 4.33. The summed E-state index contributed by atoms with van der Waals surface area (Å²) in [5.41, 5.74) is 0.0354. The van der Waals surface area contributed by atoms with E-state index in [2.05, 4.69) is 20.3 Å². The highest BCUT2D eigenvalue weighted by molar-refractivity contribution is 7.98. The van der Waals surface area contributed by atoms with Gasteiger partial charge in [0.1, 0.15) is 0 Å². The minimum absolute atomic E-state index is 0.261. The van der Waals surface area contributed by atoms with Gasteiger partial charge in [0.25, 0.3) is 0 Å². The second-order valence-corrected chi connectivity index (χ2v) is 7.77. The summed E-state index contributed by atoms with van der Waals surface area (Å²) >= 11 is 7.54. The van der Waals surface area contributed by atoms with Crippen LogP contribution in [0.1, 0.15) is 24.2 Å². The molecule has 4 rings (SSSR count). The second-order valence-electron chi connectivity index (χ2n) is 6.42. The van der Waals surface area contributed by atoms with Crippen LogP contribution in [0.15, 0.2) is 58.2 Å². The minimum Gasteiger partial charge on any atom is -0.338 e. The van der Waals surface area contributed by atoms with Crippen LogP contribution in [-0.2, 0) is 18.3 Å². The van der Waals surface area contributed by atoms with Gasteiger partial charge < -0.3 is 4.52 Å². The molecule has 0 aliphatic heterocycles. The Morgan fingerprint density at radius 3 is 2.61 bits per heavy atom. The largest absolute Gasteiger partial charge is 0.416 e. The van der Waals surface area contributed by atoms with Gasteiger partial charge in [-0.15, -0.1) is 10.2 Å². The van der Waals surface area contributed by atoms with Crippen molar-refractivity contribution in [1.29, 1.82) is 0 Å². The zero-order valence-corrected chi connectivity index (χ0v) is 17.7. The number of alkyl halides is 3. The Kier molecular flexibility index (Phi) is 6.01. The molecule has 0 amide bonds. The number of nitrogens with zero attached hydrogens (tertiary/aromatic N) is 5. The molecule has 0 aliphatic rings. The van der Waals surface area contributed by atoms with Crippen LogP contribution in [0.3, 0.4) is 0 Å². The van der Waals surface area contributed by atoms with E-state index in [1.165, 1.54) is 22.4 Å². The standard InChI is InChI=1S/C20H15ClF3N5OS/c1-2-16-25-17(30-28-16)11-31-19-27-26-18(14-8-3-4-9-15(14)21)29(19)13-7-5-6-12(10-13)20(22,23)24/h3-10H,2,11H2,1H3. The van der Waals surface area contributed by atoms with E-state index in [0.717, 1.165) is 12.1 Å². The first-order valence-corrected chi connectivity index (χ1v) is 10.6. The molecule has 0 atom stereocenters. The highest BCUT2D eigenvalue weighted by Gasteiger charge is 2.31. The Labute approximate surface area is 184 Å². The predicted octanol–water partition coefficient (Wildman–Crippen LogP) is 5.84. The fraction of sp³-hybridized carbons (Fsp3) is 0.200. The summed E-state index contributed by atoms with van der Waals surface area (Å²) in [6.45, 7) is 1.90. The molecule has 2 heterocycles.